The van der Waals surface area contributed by atoms with E-state index in [4.69, 9.17) is 11.6 Å². The van der Waals surface area contributed by atoms with Crippen molar-refractivity contribution in [2.45, 2.75) is 0 Å². The topological polar surface area (TPSA) is 56.0 Å². The van der Waals surface area contributed by atoms with Crippen molar-refractivity contribution in [1.82, 2.24) is 4.98 Å². The summed E-state index contributed by atoms with van der Waals surface area (Å²) >= 11 is 7.22. The normalized spacial score (nSPS) is 11.1. The van der Waals surface area contributed by atoms with Gasteiger partial charge in [0, 0.05) is 17.0 Å². The van der Waals surface area contributed by atoms with Crippen LogP contribution in [0.5, 0.6) is 0 Å². The van der Waals surface area contributed by atoms with Crippen LogP contribution in [0, 0.1) is 15.9 Å². The Labute approximate surface area is 146 Å². The molecule has 0 aliphatic heterocycles. The Bertz CT molecular complexity index is 923. The molecule has 3 rings (SSSR count). The Balaban J connectivity index is 1.82. The van der Waals surface area contributed by atoms with Gasteiger partial charge >= 0.3 is 0 Å². The van der Waals surface area contributed by atoms with Gasteiger partial charge in [-0.15, -0.1) is 11.3 Å². The van der Waals surface area contributed by atoms with Crippen LogP contribution in [0.4, 0.5) is 10.1 Å². The third-order valence-corrected chi connectivity index (χ3v) is 4.38. The number of halogens is 2. The van der Waals surface area contributed by atoms with Crippen molar-refractivity contribution >= 4 is 40.8 Å². The van der Waals surface area contributed by atoms with E-state index in [-0.39, 0.29) is 16.5 Å². The first-order valence-corrected chi connectivity index (χ1v) is 8.12. The molecule has 0 amide bonds. The summed E-state index contributed by atoms with van der Waals surface area (Å²) in [5, 5.41) is 13.6. The van der Waals surface area contributed by atoms with Gasteiger partial charge in [0.15, 0.2) is 0 Å². The first-order valence-electron chi connectivity index (χ1n) is 6.86. The fourth-order valence-corrected chi connectivity index (χ4v) is 2.96. The molecule has 0 unspecified atom stereocenters. The highest BCUT2D eigenvalue weighted by molar-refractivity contribution is 7.10. The second-order valence-electron chi connectivity index (χ2n) is 4.88. The highest BCUT2D eigenvalue weighted by Gasteiger charge is 2.11. The molecule has 1 aromatic heterocycles. The number of thiazole rings is 1. The summed E-state index contributed by atoms with van der Waals surface area (Å²) in [6.45, 7) is 0. The highest BCUT2D eigenvalue weighted by atomic mass is 35.5. The summed E-state index contributed by atoms with van der Waals surface area (Å²) in [4.78, 5) is 14.8. The number of benzene rings is 2. The maximum atomic E-state index is 12.9. The van der Waals surface area contributed by atoms with Crippen molar-refractivity contribution < 1.29 is 9.31 Å². The second kappa shape index (κ2) is 6.90. The number of aromatic nitrogens is 1. The van der Waals surface area contributed by atoms with Crippen molar-refractivity contribution in [2.24, 2.45) is 0 Å². The predicted molar refractivity (Wildman–Crippen MR) is 94.5 cm³/mol. The van der Waals surface area contributed by atoms with Gasteiger partial charge in [-0.1, -0.05) is 23.7 Å². The lowest BCUT2D eigenvalue weighted by Crippen LogP contribution is -1.89. The van der Waals surface area contributed by atoms with Gasteiger partial charge in [-0.2, -0.15) is 0 Å². The van der Waals surface area contributed by atoms with E-state index in [2.05, 4.69) is 4.98 Å². The molecule has 4 nitrogen and oxygen atoms in total. The number of rotatable bonds is 4. The molecule has 0 aliphatic rings. The lowest BCUT2D eigenvalue weighted by Gasteiger charge is -1.97. The summed E-state index contributed by atoms with van der Waals surface area (Å²) in [5.41, 5.74) is 2.10. The van der Waals surface area contributed by atoms with Crippen LogP contribution in [0.1, 0.15) is 10.6 Å². The lowest BCUT2D eigenvalue weighted by atomic mass is 10.2. The van der Waals surface area contributed by atoms with Crippen molar-refractivity contribution in [3.05, 3.63) is 79.4 Å². The second-order valence-corrected chi connectivity index (χ2v) is 6.18. The Morgan fingerprint density at radius 2 is 1.92 bits per heavy atom. The SMILES string of the molecule is O=[N+]([O-])c1cc(/C=C/c2nc(-c3ccc(F)cc3)cs2)ccc1Cl. The summed E-state index contributed by atoms with van der Waals surface area (Å²) in [6, 6.07) is 10.7. The van der Waals surface area contributed by atoms with E-state index in [9.17, 15) is 14.5 Å². The van der Waals surface area contributed by atoms with Crippen LogP contribution in [-0.4, -0.2) is 9.91 Å². The first-order chi connectivity index (χ1) is 11.5. The third kappa shape index (κ3) is 3.67. The van der Waals surface area contributed by atoms with Gasteiger partial charge in [-0.25, -0.2) is 9.37 Å². The molecule has 1 heterocycles. The van der Waals surface area contributed by atoms with Gasteiger partial charge in [0.1, 0.15) is 15.8 Å². The minimum Gasteiger partial charge on any atom is -0.258 e. The zero-order chi connectivity index (χ0) is 17.1. The molecule has 0 fully saturated rings. The molecule has 24 heavy (non-hydrogen) atoms. The highest BCUT2D eigenvalue weighted by Crippen LogP contribution is 2.27. The first kappa shape index (κ1) is 16.3. The van der Waals surface area contributed by atoms with E-state index < -0.39 is 4.92 Å². The molecule has 0 saturated heterocycles. The Kier molecular flexibility index (Phi) is 4.69. The van der Waals surface area contributed by atoms with Crippen LogP contribution >= 0.6 is 22.9 Å². The molecule has 3 aromatic rings. The molecule has 120 valence electrons. The molecule has 2 aromatic carbocycles. The van der Waals surface area contributed by atoms with Gasteiger partial charge < -0.3 is 0 Å². The summed E-state index contributed by atoms with van der Waals surface area (Å²) in [7, 11) is 0. The number of hydrogen-bond acceptors (Lipinski definition) is 4. The number of nitro benzene ring substituents is 1. The molecule has 0 N–H and O–H groups in total. The molecule has 0 aliphatic carbocycles. The fraction of sp³-hybridized carbons (Fsp3) is 0. The monoisotopic (exact) mass is 360 g/mol. The minimum absolute atomic E-state index is 0.102. The van der Waals surface area contributed by atoms with E-state index in [1.807, 2.05) is 5.38 Å². The van der Waals surface area contributed by atoms with Gasteiger partial charge in [0.25, 0.3) is 5.69 Å². The van der Waals surface area contributed by atoms with E-state index in [0.717, 1.165) is 16.3 Å². The van der Waals surface area contributed by atoms with Crippen LogP contribution in [0.15, 0.2) is 47.8 Å². The predicted octanol–water partition coefficient (Wildman–Crippen LogP) is 5.68. The number of nitro groups is 1. The molecule has 7 heteroatoms. The van der Waals surface area contributed by atoms with E-state index in [0.29, 0.717) is 5.56 Å². The largest absolute Gasteiger partial charge is 0.288 e. The van der Waals surface area contributed by atoms with E-state index >= 15 is 0 Å². The lowest BCUT2D eigenvalue weighted by molar-refractivity contribution is -0.384. The maximum absolute atomic E-state index is 12.9. The van der Waals surface area contributed by atoms with Crippen LogP contribution in [0.3, 0.4) is 0 Å². The van der Waals surface area contributed by atoms with Crippen molar-refractivity contribution in [1.29, 1.82) is 0 Å². The zero-order valence-electron chi connectivity index (χ0n) is 12.1. The standard InChI is InChI=1S/C17H10ClFN2O2S/c18-14-7-1-11(9-16(14)21(22)23)2-8-17-20-15(10-24-17)12-3-5-13(19)6-4-12/h1-10H/b8-2+. The van der Waals surface area contributed by atoms with Crippen LogP contribution in [0.25, 0.3) is 23.4 Å². The van der Waals surface area contributed by atoms with Crippen molar-refractivity contribution in [3.8, 4) is 11.3 Å². The van der Waals surface area contributed by atoms with Crippen LogP contribution in [0.2, 0.25) is 5.02 Å². The Morgan fingerprint density at radius 1 is 1.17 bits per heavy atom. The van der Waals surface area contributed by atoms with E-state index in [1.54, 1.807) is 30.4 Å². The summed E-state index contributed by atoms with van der Waals surface area (Å²) in [5.74, 6) is -0.293. The van der Waals surface area contributed by atoms with Gasteiger partial charge in [-0.05, 0) is 42.0 Å². The van der Waals surface area contributed by atoms with Crippen LogP contribution < -0.4 is 0 Å². The average Bonchev–Trinajstić information content (AvgIpc) is 3.03. The molecular weight excluding hydrogens is 351 g/mol. The molecule has 0 spiro atoms. The summed E-state index contributed by atoms with van der Waals surface area (Å²) in [6.07, 6.45) is 3.50. The smallest absolute Gasteiger partial charge is 0.258 e. The molecular formula is C17H10ClFN2O2S. The maximum Gasteiger partial charge on any atom is 0.288 e. The van der Waals surface area contributed by atoms with Gasteiger partial charge in [0.05, 0.1) is 10.6 Å². The Hall–Kier alpha value is -2.57. The van der Waals surface area contributed by atoms with Crippen molar-refractivity contribution in [3.63, 3.8) is 0 Å². The fourth-order valence-electron chi connectivity index (χ4n) is 2.06. The summed E-state index contributed by atoms with van der Waals surface area (Å²) < 4.78 is 12.9. The minimum atomic E-state index is -0.518. The van der Waals surface area contributed by atoms with Crippen LogP contribution in [-0.2, 0) is 0 Å². The third-order valence-electron chi connectivity index (χ3n) is 3.25. The molecule has 0 atom stereocenters. The average molecular weight is 361 g/mol. The van der Waals surface area contributed by atoms with Gasteiger partial charge in [-0.3, -0.25) is 10.1 Å². The Morgan fingerprint density at radius 3 is 2.62 bits per heavy atom. The van der Waals surface area contributed by atoms with Crippen molar-refractivity contribution in [2.75, 3.05) is 0 Å². The molecule has 0 radical (unpaired) electrons. The quantitative estimate of drug-likeness (QED) is 0.444. The number of nitrogens with zero attached hydrogens (tertiary/aromatic N) is 2. The zero-order valence-corrected chi connectivity index (χ0v) is 13.7. The number of hydrogen-bond donors (Lipinski definition) is 0. The van der Waals surface area contributed by atoms with E-state index in [1.165, 1.54) is 35.6 Å². The molecule has 0 bridgehead atoms. The van der Waals surface area contributed by atoms with Gasteiger partial charge in [0.2, 0.25) is 0 Å². The molecule has 0 saturated carbocycles.